The van der Waals surface area contributed by atoms with Gasteiger partial charge in [0, 0.05) is 12.8 Å². The van der Waals surface area contributed by atoms with Crippen LogP contribution in [-0.4, -0.2) is 57.9 Å². The zero-order chi connectivity index (χ0) is 31.4. The van der Waals surface area contributed by atoms with Crippen molar-refractivity contribution >= 4 is 11.9 Å². The van der Waals surface area contributed by atoms with Gasteiger partial charge >= 0.3 is 24.3 Å². The number of rotatable bonds is 14. The Hall–Kier alpha value is -1.56. The Kier molecular flexibility index (Phi) is 12.4. The highest BCUT2D eigenvalue weighted by Gasteiger charge is 2.53. The molecule has 0 saturated carbocycles. The number of alkyl halides is 6. The van der Waals surface area contributed by atoms with Crippen LogP contribution < -0.4 is 0 Å². The van der Waals surface area contributed by atoms with E-state index in [1.165, 1.54) is 27.7 Å². The van der Waals surface area contributed by atoms with Crippen LogP contribution in [0.5, 0.6) is 0 Å². The number of halogens is 6. The summed E-state index contributed by atoms with van der Waals surface area (Å²) >= 11 is 0. The second-order valence-corrected chi connectivity index (χ2v) is 13.2. The van der Waals surface area contributed by atoms with E-state index in [9.17, 15) is 46.1 Å². The van der Waals surface area contributed by atoms with Crippen molar-refractivity contribution in [3.8, 4) is 0 Å². The summed E-state index contributed by atoms with van der Waals surface area (Å²) in [5, 5.41) is 19.8. The first-order valence-corrected chi connectivity index (χ1v) is 13.0. The van der Waals surface area contributed by atoms with E-state index >= 15 is 0 Å². The third-order valence-electron chi connectivity index (χ3n) is 6.48. The van der Waals surface area contributed by atoms with Gasteiger partial charge in [-0.1, -0.05) is 27.7 Å². The van der Waals surface area contributed by atoms with Gasteiger partial charge in [-0.2, -0.15) is 26.3 Å². The third-order valence-corrected chi connectivity index (χ3v) is 6.48. The van der Waals surface area contributed by atoms with Crippen LogP contribution in [0.2, 0.25) is 0 Å². The molecule has 232 valence electrons. The van der Waals surface area contributed by atoms with E-state index in [1.807, 2.05) is 0 Å². The minimum Gasteiger partial charge on any atom is -0.462 e. The second kappa shape index (κ2) is 13.0. The number of aliphatic hydroxyl groups is 2. The van der Waals surface area contributed by atoms with E-state index in [0.29, 0.717) is 13.8 Å². The average molecular weight is 581 g/mol. The summed E-state index contributed by atoms with van der Waals surface area (Å²) in [6, 6.07) is 0. The van der Waals surface area contributed by atoms with Crippen LogP contribution in [0.3, 0.4) is 0 Å². The van der Waals surface area contributed by atoms with Gasteiger partial charge in [0.1, 0.15) is 12.2 Å². The molecule has 0 aliphatic rings. The SMILES string of the molecule is CC(C)CC(CC(C)(O)C(F)(F)F)OC(=O)C(C)(C)CC(C)(C)C(=O)OC(CC(C)C)CC(C)(O)C(F)(F)F. The van der Waals surface area contributed by atoms with E-state index in [1.54, 1.807) is 27.7 Å². The molecule has 4 unspecified atom stereocenters. The number of carbonyl (C=O) groups is 2. The van der Waals surface area contributed by atoms with Gasteiger partial charge in [-0.15, -0.1) is 0 Å². The molecule has 6 nitrogen and oxygen atoms in total. The maximum Gasteiger partial charge on any atom is 0.417 e. The smallest absolute Gasteiger partial charge is 0.417 e. The zero-order valence-electron chi connectivity index (χ0n) is 24.6. The second-order valence-electron chi connectivity index (χ2n) is 13.2. The number of ether oxygens (including phenoxy) is 2. The minimum atomic E-state index is -4.95. The highest BCUT2D eigenvalue weighted by atomic mass is 19.4. The molecule has 0 rings (SSSR count). The van der Waals surface area contributed by atoms with Crippen molar-refractivity contribution in [2.75, 3.05) is 0 Å². The molecule has 2 N–H and O–H groups in total. The number of hydrogen-bond acceptors (Lipinski definition) is 6. The summed E-state index contributed by atoms with van der Waals surface area (Å²) in [5.41, 5.74) is -9.01. The van der Waals surface area contributed by atoms with Crippen molar-refractivity contribution in [3.05, 3.63) is 0 Å². The molecule has 12 heteroatoms. The van der Waals surface area contributed by atoms with Crippen molar-refractivity contribution in [1.82, 2.24) is 0 Å². The van der Waals surface area contributed by atoms with E-state index in [-0.39, 0.29) is 31.1 Å². The van der Waals surface area contributed by atoms with Gasteiger partial charge in [0.2, 0.25) is 0 Å². The van der Waals surface area contributed by atoms with E-state index in [2.05, 4.69) is 0 Å². The Morgan fingerprint density at radius 1 is 0.615 bits per heavy atom. The molecule has 0 saturated heterocycles. The van der Waals surface area contributed by atoms with Crippen LogP contribution in [-0.2, 0) is 19.1 Å². The molecule has 0 aromatic carbocycles. The zero-order valence-corrected chi connectivity index (χ0v) is 24.6. The van der Waals surface area contributed by atoms with Gasteiger partial charge in [-0.25, -0.2) is 0 Å². The largest absolute Gasteiger partial charge is 0.462 e. The Labute approximate surface area is 227 Å². The predicted octanol–water partition coefficient (Wildman–Crippen LogP) is 6.75. The normalized spacial score (nSPS) is 18.4. The Balaban J connectivity index is 5.73. The van der Waals surface area contributed by atoms with Crippen molar-refractivity contribution < 1.29 is 55.6 Å². The first kappa shape index (κ1) is 37.4. The van der Waals surface area contributed by atoms with Crippen molar-refractivity contribution in [2.45, 2.75) is 137 Å². The van der Waals surface area contributed by atoms with Gasteiger partial charge in [0.25, 0.3) is 0 Å². The van der Waals surface area contributed by atoms with Crippen LogP contribution in [0.4, 0.5) is 26.3 Å². The topological polar surface area (TPSA) is 93.1 Å². The summed E-state index contributed by atoms with van der Waals surface area (Å²) in [6.45, 7) is 13.8. The monoisotopic (exact) mass is 580 g/mol. The third kappa shape index (κ3) is 11.8. The lowest BCUT2D eigenvalue weighted by Crippen LogP contribution is -2.47. The van der Waals surface area contributed by atoms with Crippen LogP contribution in [0.1, 0.15) is 101 Å². The first-order chi connectivity index (χ1) is 17.0. The van der Waals surface area contributed by atoms with Gasteiger partial charge in [0.05, 0.1) is 10.8 Å². The Morgan fingerprint density at radius 2 is 0.872 bits per heavy atom. The molecule has 39 heavy (non-hydrogen) atoms. The fourth-order valence-corrected chi connectivity index (χ4v) is 4.39. The molecule has 0 aliphatic heterocycles. The molecule has 0 aromatic heterocycles. The van der Waals surface area contributed by atoms with Gasteiger partial charge in [-0.05, 0) is 72.6 Å². The number of esters is 2. The molecule has 0 spiro atoms. The van der Waals surface area contributed by atoms with Crippen molar-refractivity contribution in [1.29, 1.82) is 0 Å². The molecule has 0 radical (unpaired) electrons. The summed E-state index contributed by atoms with van der Waals surface area (Å²) in [4.78, 5) is 26.1. The van der Waals surface area contributed by atoms with Gasteiger partial charge in [-0.3, -0.25) is 9.59 Å². The lowest BCUT2D eigenvalue weighted by molar-refractivity contribution is -0.263. The molecule has 4 atom stereocenters. The summed E-state index contributed by atoms with van der Waals surface area (Å²) < 4.78 is 90.3. The van der Waals surface area contributed by atoms with Crippen molar-refractivity contribution in [2.24, 2.45) is 22.7 Å². The van der Waals surface area contributed by atoms with E-state index in [4.69, 9.17) is 9.47 Å². The average Bonchev–Trinajstić information content (AvgIpc) is 2.63. The Bertz CT molecular complexity index is 747. The van der Waals surface area contributed by atoms with E-state index < -0.39 is 71.4 Å². The standard InChI is InChI=1S/C27H46F6O6/c1-16(2)11-18(13-24(9,36)26(28,29)30)38-20(34)22(5,6)15-23(7,8)21(35)39-19(12-17(3)4)14-25(10,37)27(31,32)33/h16-19,36-37H,11-15H2,1-10H3. The molecule has 0 aromatic rings. The molecule has 0 fully saturated rings. The summed E-state index contributed by atoms with van der Waals surface area (Å²) in [6.07, 6.45) is -14.3. The molecule has 0 amide bonds. The number of carbonyl (C=O) groups excluding carboxylic acids is 2. The fraction of sp³-hybridized carbons (Fsp3) is 0.926. The highest BCUT2D eigenvalue weighted by Crippen LogP contribution is 2.40. The van der Waals surface area contributed by atoms with Crippen LogP contribution in [0.25, 0.3) is 0 Å². The van der Waals surface area contributed by atoms with Gasteiger partial charge in [0.15, 0.2) is 11.2 Å². The summed E-state index contributed by atoms with van der Waals surface area (Å²) in [5.74, 6) is -2.11. The molecular weight excluding hydrogens is 534 g/mol. The van der Waals surface area contributed by atoms with Crippen LogP contribution >= 0.6 is 0 Å². The Morgan fingerprint density at radius 3 is 1.08 bits per heavy atom. The first-order valence-electron chi connectivity index (χ1n) is 13.0. The van der Waals surface area contributed by atoms with Crippen molar-refractivity contribution in [3.63, 3.8) is 0 Å². The molecule has 0 heterocycles. The van der Waals surface area contributed by atoms with Crippen LogP contribution in [0.15, 0.2) is 0 Å². The van der Waals surface area contributed by atoms with Crippen LogP contribution in [0, 0.1) is 22.7 Å². The molecular formula is C27H46F6O6. The lowest BCUT2D eigenvalue weighted by Gasteiger charge is -2.36. The maximum atomic E-state index is 13.2. The van der Waals surface area contributed by atoms with Gasteiger partial charge < -0.3 is 19.7 Å². The molecule has 0 bridgehead atoms. The minimum absolute atomic E-state index is 0.0511. The number of hydrogen-bond donors (Lipinski definition) is 2. The summed E-state index contributed by atoms with van der Waals surface area (Å²) in [7, 11) is 0. The predicted molar refractivity (Wildman–Crippen MR) is 133 cm³/mol. The lowest BCUT2D eigenvalue weighted by atomic mass is 9.75. The van der Waals surface area contributed by atoms with E-state index in [0.717, 1.165) is 0 Å². The fourth-order valence-electron chi connectivity index (χ4n) is 4.39. The maximum absolute atomic E-state index is 13.2. The molecule has 0 aliphatic carbocycles. The quantitative estimate of drug-likeness (QED) is 0.174. The highest BCUT2D eigenvalue weighted by molar-refractivity contribution is 5.80.